The van der Waals surface area contributed by atoms with Gasteiger partial charge in [0.1, 0.15) is 47.1 Å². The van der Waals surface area contributed by atoms with Gasteiger partial charge in [-0.1, -0.05) is 12.1 Å². The number of nitriles is 4. The van der Waals surface area contributed by atoms with Crippen LogP contribution in [0.15, 0.2) is 35.0 Å². The van der Waals surface area contributed by atoms with Crippen LogP contribution < -0.4 is 10.4 Å². The summed E-state index contributed by atoms with van der Waals surface area (Å²) in [5, 5.41) is 39.5. The van der Waals surface area contributed by atoms with Crippen molar-refractivity contribution in [3.63, 3.8) is 0 Å². The van der Waals surface area contributed by atoms with E-state index >= 15 is 8.78 Å². The predicted octanol–water partition coefficient (Wildman–Crippen LogP) is 3.82. The molecular weight excluding hydrogens is 398 g/mol. The molecule has 2 heterocycles. The summed E-state index contributed by atoms with van der Waals surface area (Å²) in [6, 6.07) is 12.6. The number of hydrogen-bond acceptors (Lipinski definition) is 6. The quantitative estimate of drug-likeness (QED) is 0.649. The van der Waals surface area contributed by atoms with Gasteiger partial charge in [-0.25, -0.2) is 8.78 Å². The van der Waals surface area contributed by atoms with Crippen LogP contribution in [0.1, 0.15) is 0 Å². The summed E-state index contributed by atoms with van der Waals surface area (Å²) < 4.78 is 31.4. The maximum Gasteiger partial charge on any atom is 0.142 e. The summed E-state index contributed by atoms with van der Waals surface area (Å²) in [5.41, 5.74) is -1.83. The van der Waals surface area contributed by atoms with Crippen LogP contribution in [0, 0.1) is 57.0 Å². The molecule has 0 amide bonds. The second-order valence-electron chi connectivity index (χ2n) is 5.28. The summed E-state index contributed by atoms with van der Waals surface area (Å²) in [7, 11) is 0. The van der Waals surface area contributed by atoms with Gasteiger partial charge in [0.05, 0.1) is 10.4 Å². The van der Waals surface area contributed by atoms with Gasteiger partial charge in [0.15, 0.2) is 0 Å². The monoisotopic (exact) mass is 404 g/mol. The summed E-state index contributed by atoms with van der Waals surface area (Å²) in [4.78, 5) is 0.534. The Labute approximate surface area is 166 Å². The van der Waals surface area contributed by atoms with E-state index in [0.717, 1.165) is 22.7 Å². The zero-order chi connectivity index (χ0) is 20.3. The largest absolute Gasteiger partial charge is 0.205 e. The highest BCUT2D eigenvalue weighted by atomic mass is 32.1. The summed E-state index contributed by atoms with van der Waals surface area (Å²) in [5.74, 6) is -2.05. The number of hydrogen-bond donors (Lipinski definition) is 0. The van der Waals surface area contributed by atoms with Gasteiger partial charge < -0.3 is 0 Å². The average Bonchev–Trinajstić information content (AvgIpc) is 3.41. The second-order valence-corrected chi connectivity index (χ2v) is 7.18. The zero-order valence-electron chi connectivity index (χ0n) is 13.8. The smallest absolute Gasteiger partial charge is 0.142 e. The Hall–Kier alpha value is -3.82. The van der Waals surface area contributed by atoms with Crippen LogP contribution in [-0.4, -0.2) is 0 Å². The van der Waals surface area contributed by atoms with Crippen LogP contribution in [0.25, 0.3) is 32.0 Å². The molecule has 0 N–H and O–H groups in total. The van der Waals surface area contributed by atoms with Crippen molar-refractivity contribution >= 4 is 33.8 Å². The van der Waals surface area contributed by atoms with Gasteiger partial charge in [-0.3, -0.25) is 0 Å². The van der Waals surface area contributed by atoms with Gasteiger partial charge in [0, 0.05) is 20.9 Å². The highest BCUT2D eigenvalue weighted by molar-refractivity contribution is 7.13. The number of benzene rings is 1. The number of thiophene rings is 2. The van der Waals surface area contributed by atoms with E-state index in [1.165, 1.54) is 12.1 Å². The molecule has 0 aliphatic rings. The third-order valence-electron chi connectivity index (χ3n) is 3.86. The van der Waals surface area contributed by atoms with E-state index in [1.807, 2.05) is 0 Å². The second kappa shape index (κ2) is 7.82. The molecule has 0 saturated carbocycles. The molecule has 3 rings (SSSR count). The van der Waals surface area contributed by atoms with Crippen LogP contribution in [-0.2, 0) is 0 Å². The fourth-order valence-electron chi connectivity index (χ4n) is 2.74. The van der Waals surface area contributed by atoms with E-state index in [9.17, 15) is 21.0 Å². The normalized spacial score (nSPS) is 9.64. The molecule has 28 heavy (non-hydrogen) atoms. The Morgan fingerprint density at radius 3 is 1.29 bits per heavy atom. The standard InChI is InChI=1S/C20H6F2N4S2/c21-19-16(12(9-25)10-26)18(14-4-2-6-28-14)20(22)15(11(7-23)8-24)17(19)13-3-1-5-27-13/h1-6H. The predicted molar refractivity (Wildman–Crippen MR) is 102 cm³/mol. The lowest BCUT2D eigenvalue weighted by molar-refractivity contribution is 0.592. The first kappa shape index (κ1) is 19.0. The molecule has 0 aliphatic heterocycles. The Morgan fingerprint density at radius 2 is 1.04 bits per heavy atom. The highest BCUT2D eigenvalue weighted by Gasteiger charge is 2.25. The lowest BCUT2D eigenvalue weighted by Gasteiger charge is -2.11. The number of rotatable bonds is 2. The molecule has 0 fully saturated rings. The average molecular weight is 404 g/mol. The molecule has 0 aliphatic carbocycles. The topological polar surface area (TPSA) is 95.2 Å². The van der Waals surface area contributed by atoms with Crippen molar-refractivity contribution in [2.75, 3.05) is 0 Å². The fourth-order valence-corrected chi connectivity index (χ4v) is 4.28. The molecule has 4 nitrogen and oxygen atoms in total. The van der Waals surface area contributed by atoms with Crippen LogP contribution in [0.4, 0.5) is 8.78 Å². The molecule has 8 heteroatoms. The van der Waals surface area contributed by atoms with Crippen molar-refractivity contribution in [1.82, 2.24) is 0 Å². The van der Waals surface area contributed by atoms with E-state index in [4.69, 9.17) is 0 Å². The molecule has 0 radical (unpaired) electrons. The van der Waals surface area contributed by atoms with Crippen molar-refractivity contribution < 1.29 is 8.78 Å². The van der Waals surface area contributed by atoms with Crippen LogP contribution in [0.5, 0.6) is 0 Å². The molecular formula is C20H6F2N4S2. The summed E-state index contributed by atoms with van der Waals surface area (Å²) in [6.45, 7) is 0. The summed E-state index contributed by atoms with van der Waals surface area (Å²) >= 11 is 2.16. The molecule has 1 aromatic carbocycles. The van der Waals surface area contributed by atoms with Crippen molar-refractivity contribution in [1.29, 1.82) is 21.0 Å². The van der Waals surface area contributed by atoms with E-state index in [2.05, 4.69) is 0 Å². The van der Waals surface area contributed by atoms with E-state index in [1.54, 1.807) is 47.2 Å². The van der Waals surface area contributed by atoms with Gasteiger partial charge in [0.2, 0.25) is 0 Å². The molecule has 0 atom stereocenters. The van der Waals surface area contributed by atoms with Crippen LogP contribution >= 0.6 is 22.7 Å². The minimum atomic E-state index is -1.02. The molecule has 0 unspecified atom stereocenters. The Bertz CT molecular complexity index is 1220. The number of halogens is 2. The first-order valence-electron chi connectivity index (χ1n) is 7.56. The SMILES string of the molecule is N#CC(C#N)=c1c(F)c(-c2cccs2)c(=C(C#N)C#N)c(F)c1-c1cccs1. The van der Waals surface area contributed by atoms with Gasteiger partial charge >= 0.3 is 0 Å². The van der Waals surface area contributed by atoms with E-state index in [-0.39, 0.29) is 20.9 Å². The molecule has 0 spiro atoms. The van der Waals surface area contributed by atoms with Crippen LogP contribution in [0.2, 0.25) is 0 Å². The number of nitrogens with zero attached hydrogens (tertiary/aromatic N) is 4. The Kier molecular flexibility index (Phi) is 5.30. The van der Waals surface area contributed by atoms with Crippen molar-refractivity contribution in [2.45, 2.75) is 0 Å². The van der Waals surface area contributed by atoms with E-state index in [0.29, 0.717) is 0 Å². The third kappa shape index (κ3) is 2.94. The first-order valence-corrected chi connectivity index (χ1v) is 9.32. The van der Waals surface area contributed by atoms with Gasteiger partial charge in [0.25, 0.3) is 0 Å². The van der Waals surface area contributed by atoms with Crippen LogP contribution in [0.3, 0.4) is 0 Å². The fraction of sp³-hybridized carbons (Fsp3) is 0. The summed E-state index contributed by atoms with van der Waals surface area (Å²) in [6.07, 6.45) is 0. The van der Waals surface area contributed by atoms with Gasteiger partial charge in [-0.05, 0) is 22.9 Å². The lowest BCUT2D eigenvalue weighted by atomic mass is 9.96. The van der Waals surface area contributed by atoms with Crippen molar-refractivity contribution in [3.05, 3.63) is 57.1 Å². The minimum absolute atomic E-state index is 0.267. The molecule has 0 bridgehead atoms. The molecule has 2 aromatic heterocycles. The molecule has 0 saturated heterocycles. The molecule has 3 aromatic rings. The van der Waals surface area contributed by atoms with Crippen molar-refractivity contribution in [3.8, 4) is 45.2 Å². The Balaban J connectivity index is 2.79. The Morgan fingerprint density at radius 1 is 0.679 bits per heavy atom. The third-order valence-corrected chi connectivity index (χ3v) is 5.64. The highest BCUT2D eigenvalue weighted by Crippen LogP contribution is 2.29. The molecule has 132 valence electrons. The minimum Gasteiger partial charge on any atom is -0.205 e. The lowest BCUT2D eigenvalue weighted by Crippen LogP contribution is -2.28. The maximum atomic E-state index is 15.7. The maximum absolute atomic E-state index is 15.7. The zero-order valence-corrected chi connectivity index (χ0v) is 15.5. The van der Waals surface area contributed by atoms with Gasteiger partial charge in [-0.15, -0.1) is 22.7 Å². The van der Waals surface area contributed by atoms with E-state index < -0.39 is 33.2 Å². The first-order chi connectivity index (χ1) is 13.6. The van der Waals surface area contributed by atoms with Gasteiger partial charge in [-0.2, -0.15) is 21.0 Å². The van der Waals surface area contributed by atoms with Crippen molar-refractivity contribution in [2.24, 2.45) is 0 Å².